The highest BCUT2D eigenvalue weighted by atomic mass is 16.5. The first kappa shape index (κ1) is 12.3. The van der Waals surface area contributed by atoms with Crippen molar-refractivity contribution in [1.82, 2.24) is 5.32 Å². The fraction of sp³-hybridized carbons (Fsp3) is 0.375. The molecule has 0 amide bonds. The Kier molecular flexibility index (Phi) is 3.30. The minimum absolute atomic E-state index is 0.169. The summed E-state index contributed by atoms with van der Waals surface area (Å²) in [5.41, 5.74) is 1.27. The van der Waals surface area contributed by atoms with E-state index in [1.54, 1.807) is 0 Å². The lowest BCUT2D eigenvalue weighted by molar-refractivity contribution is 0.282. The maximum absolute atomic E-state index is 5.81. The largest absolute Gasteiger partial charge is 0.493 e. The Hall–Kier alpha value is -1.74. The highest BCUT2D eigenvalue weighted by molar-refractivity contribution is 5.41. The Labute approximate surface area is 113 Å². The van der Waals surface area contributed by atoms with Gasteiger partial charge in [-0.15, -0.1) is 0 Å². The van der Waals surface area contributed by atoms with Crippen LogP contribution in [0.2, 0.25) is 0 Å². The van der Waals surface area contributed by atoms with Crippen LogP contribution in [0.15, 0.2) is 40.8 Å². The Balaban J connectivity index is 1.94. The molecule has 2 aromatic rings. The molecule has 100 valence electrons. The quantitative estimate of drug-likeness (QED) is 0.911. The molecule has 2 heterocycles. The molecule has 0 bridgehead atoms. The van der Waals surface area contributed by atoms with Crippen molar-refractivity contribution in [1.29, 1.82) is 0 Å². The van der Waals surface area contributed by atoms with Crippen LogP contribution in [-0.4, -0.2) is 13.2 Å². The van der Waals surface area contributed by atoms with E-state index in [-0.39, 0.29) is 6.04 Å². The summed E-state index contributed by atoms with van der Waals surface area (Å²) in [5, 5.41) is 3.52. The molecule has 3 heteroatoms. The topological polar surface area (TPSA) is 34.4 Å². The van der Waals surface area contributed by atoms with Crippen molar-refractivity contribution in [2.75, 3.05) is 13.2 Å². The lowest BCUT2D eigenvalue weighted by Gasteiger charge is -2.21. The SMILES string of the molecule is CCNC(c1ccc(C)o1)C1COc2ccccc21. The molecule has 2 atom stereocenters. The highest BCUT2D eigenvalue weighted by Crippen LogP contribution is 2.41. The molecule has 1 aromatic carbocycles. The molecule has 3 rings (SSSR count). The molecule has 1 aliphatic heterocycles. The van der Waals surface area contributed by atoms with E-state index in [9.17, 15) is 0 Å². The zero-order valence-corrected chi connectivity index (χ0v) is 11.3. The van der Waals surface area contributed by atoms with Crippen LogP contribution in [0.3, 0.4) is 0 Å². The van der Waals surface area contributed by atoms with Crippen LogP contribution in [0.1, 0.15) is 36.0 Å². The Morgan fingerprint density at radius 2 is 2.11 bits per heavy atom. The van der Waals surface area contributed by atoms with Crippen molar-refractivity contribution in [3.8, 4) is 5.75 Å². The molecule has 0 radical (unpaired) electrons. The van der Waals surface area contributed by atoms with Crippen LogP contribution in [0.4, 0.5) is 0 Å². The standard InChI is InChI=1S/C16H19NO2/c1-3-17-16(15-9-8-11(2)19-15)13-10-18-14-7-5-4-6-12(13)14/h4-9,13,16-17H,3,10H2,1-2H3. The Bertz CT molecular complexity index is 561. The van der Waals surface area contributed by atoms with Crippen LogP contribution in [-0.2, 0) is 0 Å². The molecular weight excluding hydrogens is 238 g/mol. The second-order valence-corrected chi connectivity index (χ2v) is 4.94. The average molecular weight is 257 g/mol. The smallest absolute Gasteiger partial charge is 0.122 e. The van der Waals surface area contributed by atoms with Gasteiger partial charge in [0.15, 0.2) is 0 Å². The van der Waals surface area contributed by atoms with Crippen molar-refractivity contribution in [2.24, 2.45) is 0 Å². The zero-order chi connectivity index (χ0) is 13.2. The number of hydrogen-bond acceptors (Lipinski definition) is 3. The van der Waals surface area contributed by atoms with Crippen molar-refractivity contribution in [3.05, 3.63) is 53.5 Å². The van der Waals surface area contributed by atoms with E-state index in [0.717, 1.165) is 23.8 Å². The fourth-order valence-corrected chi connectivity index (χ4v) is 2.75. The van der Waals surface area contributed by atoms with E-state index in [4.69, 9.17) is 9.15 Å². The molecule has 3 nitrogen and oxygen atoms in total. The third-order valence-corrected chi connectivity index (χ3v) is 3.63. The van der Waals surface area contributed by atoms with Gasteiger partial charge in [-0.2, -0.15) is 0 Å². The first-order valence-electron chi connectivity index (χ1n) is 6.81. The Morgan fingerprint density at radius 1 is 1.26 bits per heavy atom. The number of nitrogens with one attached hydrogen (secondary N) is 1. The van der Waals surface area contributed by atoms with Gasteiger partial charge in [-0.25, -0.2) is 0 Å². The maximum atomic E-state index is 5.81. The number of ether oxygens (including phenoxy) is 1. The normalized spacial score (nSPS) is 18.9. The van der Waals surface area contributed by atoms with Gasteiger partial charge < -0.3 is 14.5 Å². The minimum Gasteiger partial charge on any atom is -0.493 e. The number of likely N-dealkylation sites (N-methyl/N-ethyl adjacent to an activating group) is 1. The van der Waals surface area contributed by atoms with E-state index in [1.807, 2.05) is 25.1 Å². The average Bonchev–Trinajstić information content (AvgIpc) is 3.03. The molecule has 0 spiro atoms. The van der Waals surface area contributed by atoms with Gasteiger partial charge in [0.2, 0.25) is 0 Å². The van der Waals surface area contributed by atoms with Gasteiger partial charge in [-0.3, -0.25) is 0 Å². The molecule has 2 unspecified atom stereocenters. The second-order valence-electron chi connectivity index (χ2n) is 4.94. The van der Waals surface area contributed by atoms with Crippen LogP contribution < -0.4 is 10.1 Å². The summed E-state index contributed by atoms with van der Waals surface area (Å²) in [7, 11) is 0. The summed E-state index contributed by atoms with van der Waals surface area (Å²) in [6.45, 7) is 5.70. The second kappa shape index (κ2) is 5.10. The molecule has 0 aliphatic carbocycles. The lowest BCUT2D eigenvalue weighted by atomic mass is 9.91. The van der Waals surface area contributed by atoms with Gasteiger partial charge in [0, 0.05) is 11.5 Å². The maximum Gasteiger partial charge on any atom is 0.122 e. The molecule has 0 saturated carbocycles. The predicted octanol–water partition coefficient (Wildman–Crippen LogP) is 3.41. The van der Waals surface area contributed by atoms with Crippen LogP contribution in [0, 0.1) is 6.92 Å². The summed E-state index contributed by atoms with van der Waals surface area (Å²) in [6, 6.07) is 12.5. The predicted molar refractivity (Wildman–Crippen MR) is 74.5 cm³/mol. The monoisotopic (exact) mass is 257 g/mol. The number of furan rings is 1. The first-order chi connectivity index (χ1) is 9.29. The number of benzene rings is 1. The summed E-state index contributed by atoms with van der Waals surface area (Å²) in [4.78, 5) is 0. The molecule has 1 N–H and O–H groups in total. The molecule has 1 aliphatic rings. The number of rotatable bonds is 4. The van der Waals surface area contributed by atoms with E-state index in [1.165, 1.54) is 5.56 Å². The minimum atomic E-state index is 0.169. The highest BCUT2D eigenvalue weighted by Gasteiger charge is 2.33. The Morgan fingerprint density at radius 3 is 2.84 bits per heavy atom. The fourth-order valence-electron chi connectivity index (χ4n) is 2.75. The first-order valence-corrected chi connectivity index (χ1v) is 6.81. The summed E-state index contributed by atoms with van der Waals surface area (Å²) < 4.78 is 11.6. The zero-order valence-electron chi connectivity index (χ0n) is 11.3. The van der Waals surface area contributed by atoms with Crippen LogP contribution in [0.25, 0.3) is 0 Å². The van der Waals surface area contributed by atoms with Gasteiger partial charge >= 0.3 is 0 Å². The summed E-state index contributed by atoms with van der Waals surface area (Å²) in [6.07, 6.45) is 0. The van der Waals surface area contributed by atoms with Gasteiger partial charge in [0.1, 0.15) is 17.3 Å². The van der Waals surface area contributed by atoms with Crippen LogP contribution in [0.5, 0.6) is 5.75 Å². The molecular formula is C16H19NO2. The van der Waals surface area contributed by atoms with Crippen LogP contribution >= 0.6 is 0 Å². The van der Waals surface area contributed by atoms with Crippen molar-refractivity contribution in [3.63, 3.8) is 0 Å². The molecule has 19 heavy (non-hydrogen) atoms. The molecule has 0 fully saturated rings. The summed E-state index contributed by atoms with van der Waals surface area (Å²) >= 11 is 0. The number of aryl methyl sites for hydroxylation is 1. The van der Waals surface area contributed by atoms with Crippen molar-refractivity contribution in [2.45, 2.75) is 25.8 Å². The van der Waals surface area contributed by atoms with E-state index in [2.05, 4.69) is 30.4 Å². The molecule has 1 aromatic heterocycles. The van der Waals surface area contributed by atoms with Gasteiger partial charge in [-0.1, -0.05) is 25.1 Å². The van der Waals surface area contributed by atoms with Crippen molar-refractivity contribution >= 4 is 0 Å². The van der Waals surface area contributed by atoms with Crippen molar-refractivity contribution < 1.29 is 9.15 Å². The number of fused-ring (bicyclic) bond motifs is 1. The van der Waals surface area contributed by atoms with E-state index >= 15 is 0 Å². The van der Waals surface area contributed by atoms with E-state index in [0.29, 0.717) is 12.5 Å². The molecule has 0 saturated heterocycles. The third-order valence-electron chi connectivity index (χ3n) is 3.63. The van der Waals surface area contributed by atoms with Gasteiger partial charge in [0.25, 0.3) is 0 Å². The lowest BCUT2D eigenvalue weighted by Crippen LogP contribution is -2.27. The van der Waals surface area contributed by atoms with Gasteiger partial charge in [0.05, 0.1) is 12.6 Å². The van der Waals surface area contributed by atoms with Gasteiger partial charge in [-0.05, 0) is 31.7 Å². The summed E-state index contributed by atoms with van der Waals surface area (Å²) in [5.74, 6) is 3.25. The number of hydrogen-bond donors (Lipinski definition) is 1. The number of para-hydroxylation sites is 1. The third kappa shape index (κ3) is 2.26. The van der Waals surface area contributed by atoms with E-state index < -0.39 is 0 Å².